The van der Waals surface area contributed by atoms with E-state index in [2.05, 4.69) is 6.92 Å². The highest BCUT2D eigenvalue weighted by Gasteiger charge is 2.10. The first-order valence-corrected chi connectivity index (χ1v) is 7.65. The van der Waals surface area contributed by atoms with Crippen LogP contribution in [0.1, 0.15) is 65.2 Å². The molecule has 0 saturated carbocycles. The van der Waals surface area contributed by atoms with Crippen LogP contribution in [0.15, 0.2) is 0 Å². The number of rotatable bonds is 10. The van der Waals surface area contributed by atoms with Crippen LogP contribution in [0, 0.1) is 0 Å². The van der Waals surface area contributed by atoms with E-state index in [0.29, 0.717) is 12.2 Å². The molecule has 0 rings (SSSR count). The van der Waals surface area contributed by atoms with Gasteiger partial charge in [-0.05, 0) is 12.8 Å². The van der Waals surface area contributed by atoms with Gasteiger partial charge in [-0.15, -0.1) is 0 Å². The van der Waals surface area contributed by atoms with Crippen LogP contribution in [0.3, 0.4) is 0 Å². The van der Waals surface area contributed by atoms with E-state index in [1.165, 1.54) is 25.7 Å². The van der Waals surface area contributed by atoms with E-state index in [1.807, 2.05) is 6.92 Å². The van der Waals surface area contributed by atoms with Gasteiger partial charge in [0.25, 0.3) is 0 Å². The molecule has 2 unspecified atom stereocenters. The lowest BCUT2D eigenvalue weighted by molar-refractivity contribution is 0.245. The van der Waals surface area contributed by atoms with Gasteiger partial charge in [0.05, 0.1) is 10.8 Å². The molecule has 0 aliphatic rings. The highest BCUT2D eigenvalue weighted by atomic mass is 32.2. The zero-order valence-corrected chi connectivity index (χ0v) is 11.0. The molecule has 0 aliphatic heterocycles. The molecule has 0 radical (unpaired) electrons. The maximum atomic E-state index is 11.5. The zero-order valence-electron chi connectivity index (χ0n) is 10.2. The van der Waals surface area contributed by atoms with Crippen molar-refractivity contribution in [3.05, 3.63) is 0 Å². The number of hydrogen-bond acceptors (Lipinski definition) is 2. The minimum absolute atomic E-state index is 0.592. The van der Waals surface area contributed by atoms with Gasteiger partial charge in [-0.1, -0.05) is 52.4 Å². The molecule has 0 amide bonds. The molecule has 0 bridgehead atoms. The first kappa shape index (κ1) is 15.1. The summed E-state index contributed by atoms with van der Waals surface area (Å²) in [5.41, 5.74) is -0.592. The first-order chi connectivity index (χ1) is 7.22. The molecule has 0 heterocycles. The second kappa shape index (κ2) is 10.6. The summed E-state index contributed by atoms with van der Waals surface area (Å²) in [6.45, 7) is 4.21. The van der Waals surface area contributed by atoms with Crippen molar-refractivity contribution >= 4 is 10.8 Å². The quantitative estimate of drug-likeness (QED) is 0.589. The fourth-order valence-electron chi connectivity index (χ4n) is 1.54. The zero-order chi connectivity index (χ0) is 11.5. The topological polar surface area (TPSA) is 37.3 Å². The maximum absolute atomic E-state index is 11.5. The van der Waals surface area contributed by atoms with E-state index in [-0.39, 0.29) is 0 Å². The Morgan fingerprint density at radius 1 is 1.00 bits per heavy atom. The summed E-state index contributed by atoms with van der Waals surface area (Å²) >= 11 is 0. The van der Waals surface area contributed by atoms with Crippen molar-refractivity contribution in [1.29, 1.82) is 0 Å². The van der Waals surface area contributed by atoms with Gasteiger partial charge in [-0.3, -0.25) is 4.21 Å². The van der Waals surface area contributed by atoms with Crippen LogP contribution in [0.4, 0.5) is 0 Å². The Morgan fingerprint density at radius 2 is 1.60 bits per heavy atom. The van der Waals surface area contributed by atoms with Crippen molar-refractivity contribution in [1.82, 2.24) is 0 Å². The third-order valence-electron chi connectivity index (χ3n) is 2.54. The second-order valence-corrected chi connectivity index (χ2v) is 5.81. The predicted octanol–water partition coefficient (Wildman–Crippen LogP) is 3.21. The summed E-state index contributed by atoms with van der Waals surface area (Å²) in [6.07, 6.45) is 8.84. The molecular formula is C12H26O2S. The van der Waals surface area contributed by atoms with Gasteiger partial charge in [0.15, 0.2) is 0 Å². The highest BCUT2D eigenvalue weighted by molar-refractivity contribution is 7.85. The fraction of sp³-hybridized carbons (Fsp3) is 1.00. The van der Waals surface area contributed by atoms with Crippen LogP contribution in [0.25, 0.3) is 0 Å². The van der Waals surface area contributed by atoms with Crippen molar-refractivity contribution in [3.63, 3.8) is 0 Å². The van der Waals surface area contributed by atoms with Gasteiger partial charge < -0.3 is 5.11 Å². The number of aliphatic hydroxyl groups excluding tert-OH is 1. The largest absolute Gasteiger partial charge is 0.380 e. The van der Waals surface area contributed by atoms with Crippen LogP contribution in [0.5, 0.6) is 0 Å². The molecule has 1 N–H and O–H groups in total. The lowest BCUT2D eigenvalue weighted by atomic mass is 10.1. The van der Waals surface area contributed by atoms with E-state index in [0.717, 1.165) is 19.3 Å². The molecule has 0 saturated heterocycles. The van der Waals surface area contributed by atoms with Gasteiger partial charge in [0, 0.05) is 5.75 Å². The molecule has 92 valence electrons. The van der Waals surface area contributed by atoms with Gasteiger partial charge in [0.2, 0.25) is 0 Å². The van der Waals surface area contributed by atoms with E-state index >= 15 is 0 Å². The Hall–Kier alpha value is 0.110. The SMILES string of the molecule is CCCCCCCCS(=O)C(O)CCC. The Bertz CT molecular complexity index is 160. The molecule has 0 aromatic rings. The van der Waals surface area contributed by atoms with Crippen LogP contribution < -0.4 is 0 Å². The van der Waals surface area contributed by atoms with Gasteiger partial charge in [0.1, 0.15) is 5.44 Å². The average Bonchev–Trinajstić information content (AvgIpc) is 2.23. The summed E-state index contributed by atoms with van der Waals surface area (Å²) in [5.74, 6) is 0.674. The third-order valence-corrected chi connectivity index (χ3v) is 4.07. The molecule has 3 heteroatoms. The monoisotopic (exact) mass is 234 g/mol. The lowest BCUT2D eigenvalue weighted by Crippen LogP contribution is -2.16. The fourth-order valence-corrected chi connectivity index (χ4v) is 2.80. The average molecular weight is 234 g/mol. The molecule has 0 aliphatic carbocycles. The molecule has 0 aromatic heterocycles. The number of aliphatic hydroxyl groups is 1. The lowest BCUT2D eigenvalue weighted by Gasteiger charge is -2.08. The predicted molar refractivity (Wildman–Crippen MR) is 67.3 cm³/mol. The highest BCUT2D eigenvalue weighted by Crippen LogP contribution is 2.08. The van der Waals surface area contributed by atoms with Gasteiger partial charge >= 0.3 is 0 Å². The van der Waals surface area contributed by atoms with E-state index in [1.54, 1.807) is 0 Å². The van der Waals surface area contributed by atoms with Crippen molar-refractivity contribution in [3.8, 4) is 0 Å². The summed E-state index contributed by atoms with van der Waals surface area (Å²) in [4.78, 5) is 0. The van der Waals surface area contributed by atoms with Crippen molar-refractivity contribution < 1.29 is 9.32 Å². The minimum Gasteiger partial charge on any atom is -0.380 e. The summed E-state index contributed by atoms with van der Waals surface area (Å²) in [7, 11) is -1.02. The summed E-state index contributed by atoms with van der Waals surface area (Å²) in [5, 5.41) is 9.46. The molecule has 0 spiro atoms. The third kappa shape index (κ3) is 9.06. The Labute approximate surface area is 96.9 Å². The summed E-state index contributed by atoms with van der Waals surface area (Å²) < 4.78 is 11.5. The molecule has 0 aromatic carbocycles. The second-order valence-electron chi connectivity index (χ2n) is 4.10. The maximum Gasteiger partial charge on any atom is 0.129 e. The molecule has 15 heavy (non-hydrogen) atoms. The minimum atomic E-state index is -1.02. The van der Waals surface area contributed by atoms with Crippen LogP contribution in [0.2, 0.25) is 0 Å². The van der Waals surface area contributed by atoms with E-state index in [4.69, 9.17) is 0 Å². The molecule has 0 fully saturated rings. The standard InChI is InChI=1S/C12H26O2S/c1-3-5-6-7-8-9-11-15(14)12(13)10-4-2/h12-13H,3-11H2,1-2H3. The first-order valence-electron chi connectivity index (χ1n) is 6.27. The molecule has 2 nitrogen and oxygen atoms in total. The van der Waals surface area contributed by atoms with Crippen LogP contribution in [-0.2, 0) is 10.8 Å². The number of hydrogen-bond donors (Lipinski definition) is 1. The van der Waals surface area contributed by atoms with Gasteiger partial charge in [-0.2, -0.15) is 0 Å². The van der Waals surface area contributed by atoms with Crippen LogP contribution in [-0.4, -0.2) is 20.5 Å². The van der Waals surface area contributed by atoms with E-state index in [9.17, 15) is 9.32 Å². The van der Waals surface area contributed by atoms with Crippen molar-refractivity contribution in [2.45, 2.75) is 70.7 Å². The van der Waals surface area contributed by atoms with Crippen molar-refractivity contribution in [2.75, 3.05) is 5.75 Å². The van der Waals surface area contributed by atoms with Gasteiger partial charge in [-0.25, -0.2) is 0 Å². The number of unbranched alkanes of at least 4 members (excludes halogenated alkanes) is 5. The van der Waals surface area contributed by atoms with Crippen molar-refractivity contribution in [2.24, 2.45) is 0 Å². The Morgan fingerprint density at radius 3 is 2.20 bits per heavy atom. The normalized spacial score (nSPS) is 15.1. The van der Waals surface area contributed by atoms with Crippen LogP contribution >= 0.6 is 0 Å². The molecule has 2 atom stereocenters. The smallest absolute Gasteiger partial charge is 0.129 e. The molecular weight excluding hydrogens is 208 g/mol. The Balaban J connectivity index is 3.30. The Kier molecular flexibility index (Phi) is 10.7. The summed E-state index contributed by atoms with van der Waals surface area (Å²) in [6, 6.07) is 0. The van der Waals surface area contributed by atoms with E-state index < -0.39 is 16.2 Å².